The molecule has 0 aromatic heterocycles. The van der Waals surface area contributed by atoms with E-state index >= 15 is 0 Å². The lowest BCUT2D eigenvalue weighted by Gasteiger charge is -2.35. The number of piperidine rings is 1. The van der Waals surface area contributed by atoms with Gasteiger partial charge in [0.15, 0.2) is 5.84 Å². The highest BCUT2D eigenvalue weighted by Crippen LogP contribution is 2.31. The third kappa shape index (κ3) is 3.77. The maximum absolute atomic E-state index is 13.0. The number of hydrogen-bond donors (Lipinski definition) is 1. The van der Waals surface area contributed by atoms with Crippen molar-refractivity contribution in [3.63, 3.8) is 0 Å². The molecule has 2 fully saturated rings. The van der Waals surface area contributed by atoms with Gasteiger partial charge in [-0.2, -0.15) is 8.42 Å². The van der Waals surface area contributed by atoms with E-state index < -0.39 is 10.0 Å². The summed E-state index contributed by atoms with van der Waals surface area (Å²) >= 11 is 0. The molecule has 0 saturated carbocycles. The molecule has 1 amide bonds. The van der Waals surface area contributed by atoms with Crippen molar-refractivity contribution < 1.29 is 13.2 Å². The van der Waals surface area contributed by atoms with Crippen molar-refractivity contribution in [3.8, 4) is 0 Å². The van der Waals surface area contributed by atoms with E-state index in [9.17, 15) is 13.2 Å². The van der Waals surface area contributed by atoms with Gasteiger partial charge in [0.25, 0.3) is 10.0 Å². The molecule has 3 aliphatic heterocycles. The van der Waals surface area contributed by atoms with E-state index in [0.29, 0.717) is 30.5 Å². The summed E-state index contributed by atoms with van der Waals surface area (Å²) in [6.45, 7) is 3.01. The quantitative estimate of drug-likeness (QED) is 0.791. The molecule has 1 N–H and O–H groups in total. The number of carbonyl (C=O) groups is 1. The molecule has 4 rings (SSSR count). The highest BCUT2D eigenvalue weighted by Gasteiger charge is 2.37. The maximum atomic E-state index is 13.0. The first kappa shape index (κ1) is 21.1. The van der Waals surface area contributed by atoms with Gasteiger partial charge < -0.3 is 15.1 Å². The number of nitrogens with one attached hydrogen (secondary N) is 1. The van der Waals surface area contributed by atoms with Gasteiger partial charge in [0.05, 0.1) is 0 Å². The monoisotopic (exact) mass is 426 g/mol. The smallest absolute Gasteiger partial charge is 0.285 e. The van der Waals surface area contributed by atoms with Crippen LogP contribution < -0.4 is 5.32 Å². The molecule has 9 heteroatoms. The van der Waals surface area contributed by atoms with Gasteiger partial charge in [-0.05, 0) is 44.9 Å². The maximum Gasteiger partial charge on any atom is 0.285 e. The molecule has 1 atom stereocenters. The SMILES string of the molecule is CNCC1CCCN1C(=O)C1CCN(C2=NS(=O)(=O)c3ccccc32)CC1.Cl. The van der Waals surface area contributed by atoms with Gasteiger partial charge in [0, 0.05) is 43.7 Å². The van der Waals surface area contributed by atoms with Crippen molar-refractivity contribution in [2.24, 2.45) is 10.3 Å². The van der Waals surface area contributed by atoms with E-state index in [1.165, 1.54) is 0 Å². The number of nitrogens with zero attached hydrogens (tertiary/aromatic N) is 3. The Balaban J connectivity index is 0.00000225. The molecule has 3 heterocycles. The van der Waals surface area contributed by atoms with Crippen molar-refractivity contribution in [1.29, 1.82) is 0 Å². The van der Waals surface area contributed by atoms with E-state index in [-0.39, 0.29) is 29.1 Å². The van der Waals surface area contributed by atoms with Crippen LogP contribution in [0.4, 0.5) is 0 Å². The molecule has 1 aromatic rings. The van der Waals surface area contributed by atoms with E-state index in [1.807, 2.05) is 29.0 Å². The zero-order valence-electron chi connectivity index (χ0n) is 16.0. The predicted molar refractivity (Wildman–Crippen MR) is 110 cm³/mol. The van der Waals surface area contributed by atoms with Crippen LogP contribution in [0.3, 0.4) is 0 Å². The summed E-state index contributed by atoms with van der Waals surface area (Å²) in [6.07, 6.45) is 3.62. The van der Waals surface area contributed by atoms with Crippen molar-refractivity contribution >= 4 is 34.2 Å². The summed E-state index contributed by atoms with van der Waals surface area (Å²) in [5.74, 6) is 0.812. The van der Waals surface area contributed by atoms with Crippen LogP contribution in [0.25, 0.3) is 0 Å². The summed E-state index contributed by atoms with van der Waals surface area (Å²) in [5.41, 5.74) is 0.677. The van der Waals surface area contributed by atoms with E-state index in [4.69, 9.17) is 0 Å². The van der Waals surface area contributed by atoms with Gasteiger partial charge in [-0.25, -0.2) is 0 Å². The van der Waals surface area contributed by atoms with Crippen molar-refractivity contribution in [3.05, 3.63) is 29.8 Å². The van der Waals surface area contributed by atoms with Crippen LogP contribution in [-0.2, 0) is 14.8 Å². The predicted octanol–water partition coefficient (Wildman–Crippen LogP) is 1.48. The lowest BCUT2D eigenvalue weighted by atomic mass is 9.94. The van der Waals surface area contributed by atoms with Gasteiger partial charge in [-0.3, -0.25) is 4.79 Å². The van der Waals surface area contributed by atoms with E-state index in [0.717, 1.165) is 38.8 Å². The second-order valence-electron chi connectivity index (χ2n) is 7.53. The van der Waals surface area contributed by atoms with Crippen LogP contribution in [-0.4, -0.2) is 69.2 Å². The van der Waals surface area contributed by atoms with Crippen LogP contribution in [0, 0.1) is 5.92 Å². The van der Waals surface area contributed by atoms with E-state index in [1.54, 1.807) is 12.1 Å². The molecule has 0 aliphatic carbocycles. The Hall–Kier alpha value is -1.64. The van der Waals surface area contributed by atoms with Crippen LogP contribution in [0.5, 0.6) is 0 Å². The van der Waals surface area contributed by atoms with Crippen LogP contribution in [0.15, 0.2) is 33.6 Å². The fourth-order valence-corrected chi connectivity index (χ4v) is 5.69. The third-order valence-electron chi connectivity index (χ3n) is 5.86. The molecule has 0 spiro atoms. The average molecular weight is 427 g/mol. The molecular formula is C19H27ClN4O3S. The number of sulfonamides is 1. The molecule has 154 valence electrons. The second-order valence-corrected chi connectivity index (χ2v) is 9.11. The van der Waals surface area contributed by atoms with Crippen molar-refractivity contribution in [2.45, 2.75) is 36.6 Å². The number of amidine groups is 1. The molecule has 0 bridgehead atoms. The Morgan fingerprint density at radius 3 is 2.61 bits per heavy atom. The molecule has 3 aliphatic rings. The number of halogens is 1. The molecular weight excluding hydrogens is 400 g/mol. The number of likely N-dealkylation sites (tertiary alicyclic amines) is 2. The number of amides is 1. The van der Waals surface area contributed by atoms with Crippen molar-refractivity contribution in [1.82, 2.24) is 15.1 Å². The first-order chi connectivity index (χ1) is 13.0. The zero-order valence-corrected chi connectivity index (χ0v) is 17.6. The third-order valence-corrected chi connectivity index (χ3v) is 7.18. The van der Waals surface area contributed by atoms with Gasteiger partial charge >= 0.3 is 0 Å². The van der Waals surface area contributed by atoms with Crippen LogP contribution in [0.1, 0.15) is 31.2 Å². The summed E-state index contributed by atoms with van der Waals surface area (Å²) in [5, 5.41) is 3.18. The Labute approximate surface area is 172 Å². The topological polar surface area (TPSA) is 82.1 Å². The lowest BCUT2D eigenvalue weighted by molar-refractivity contribution is -0.137. The van der Waals surface area contributed by atoms with Gasteiger partial charge in [-0.1, -0.05) is 12.1 Å². The highest BCUT2D eigenvalue weighted by molar-refractivity contribution is 7.90. The van der Waals surface area contributed by atoms with Gasteiger partial charge in [0.1, 0.15) is 4.90 Å². The summed E-state index contributed by atoms with van der Waals surface area (Å²) in [4.78, 5) is 17.3. The van der Waals surface area contributed by atoms with Crippen LogP contribution in [0.2, 0.25) is 0 Å². The Morgan fingerprint density at radius 2 is 1.89 bits per heavy atom. The normalized spacial score (nSPS) is 23.9. The summed E-state index contributed by atoms with van der Waals surface area (Å²) in [6, 6.07) is 7.27. The Morgan fingerprint density at radius 1 is 1.18 bits per heavy atom. The first-order valence-electron chi connectivity index (χ1n) is 9.65. The summed E-state index contributed by atoms with van der Waals surface area (Å²) in [7, 11) is -1.67. The average Bonchev–Trinajstić information content (AvgIpc) is 3.24. The number of fused-ring (bicyclic) bond motifs is 1. The second kappa shape index (κ2) is 8.39. The summed E-state index contributed by atoms with van der Waals surface area (Å²) < 4.78 is 28.5. The Kier molecular flexibility index (Phi) is 6.31. The standard InChI is InChI=1S/C19H26N4O3S.ClH/c1-20-13-15-5-4-10-23(15)19(24)14-8-11-22(12-9-14)18-16-6-2-3-7-17(16)27(25,26)21-18;/h2-3,6-7,14-15,20H,4-5,8-13H2,1H3;1H. The van der Waals surface area contributed by atoms with Gasteiger partial charge in [-0.15, -0.1) is 16.8 Å². The zero-order chi connectivity index (χ0) is 19.0. The lowest BCUT2D eigenvalue weighted by Crippen LogP contribution is -2.47. The molecule has 7 nitrogen and oxygen atoms in total. The molecule has 1 aromatic carbocycles. The number of likely N-dealkylation sites (N-methyl/N-ethyl adjacent to an activating group) is 1. The van der Waals surface area contributed by atoms with Crippen LogP contribution >= 0.6 is 12.4 Å². The van der Waals surface area contributed by atoms with E-state index in [2.05, 4.69) is 9.71 Å². The molecule has 1 unspecified atom stereocenters. The molecule has 2 saturated heterocycles. The van der Waals surface area contributed by atoms with Crippen molar-refractivity contribution in [2.75, 3.05) is 33.2 Å². The number of carbonyl (C=O) groups excluding carboxylic acids is 1. The van der Waals surface area contributed by atoms with Gasteiger partial charge in [0.2, 0.25) is 5.91 Å². The number of benzene rings is 1. The minimum absolute atomic E-state index is 0. The molecule has 0 radical (unpaired) electrons. The minimum atomic E-state index is -3.60. The molecule has 28 heavy (non-hydrogen) atoms. The Bertz CT molecular complexity index is 866. The first-order valence-corrected chi connectivity index (χ1v) is 11.1. The number of hydrogen-bond acceptors (Lipinski definition) is 5. The minimum Gasteiger partial charge on any atom is -0.355 e. The highest BCUT2D eigenvalue weighted by atomic mass is 35.5. The number of rotatable bonds is 3. The largest absolute Gasteiger partial charge is 0.355 e. The fraction of sp³-hybridized carbons (Fsp3) is 0.579. The fourth-order valence-electron chi connectivity index (χ4n) is 4.46.